The molecule has 0 saturated heterocycles. The maximum absolute atomic E-state index is 11.4. The Morgan fingerprint density at radius 3 is 2.59 bits per heavy atom. The van der Waals surface area contributed by atoms with Gasteiger partial charge in [-0.1, -0.05) is 19.1 Å². The minimum absolute atomic E-state index is 0.0918. The van der Waals surface area contributed by atoms with Crippen LogP contribution in [-0.2, 0) is 17.8 Å². The van der Waals surface area contributed by atoms with E-state index in [1.807, 2.05) is 49.4 Å². The fraction of sp³-hybridized carbons (Fsp3) is 0.391. The van der Waals surface area contributed by atoms with Crippen molar-refractivity contribution in [3.63, 3.8) is 0 Å². The first kappa shape index (κ1) is 20.7. The lowest BCUT2D eigenvalue weighted by molar-refractivity contribution is -0.120. The molecule has 3 aromatic rings. The molecule has 3 rings (SSSR count). The molecular weight excluding hydrogens is 366 g/mol. The molecule has 0 aliphatic heterocycles. The number of benzene rings is 2. The van der Waals surface area contributed by atoms with Gasteiger partial charge in [0.25, 0.3) is 0 Å². The summed E-state index contributed by atoms with van der Waals surface area (Å²) in [6.45, 7) is 4.01. The molecule has 1 N–H and O–H groups in total. The van der Waals surface area contributed by atoms with Gasteiger partial charge >= 0.3 is 0 Å². The van der Waals surface area contributed by atoms with Crippen molar-refractivity contribution in [2.24, 2.45) is 0 Å². The number of nitrogens with one attached hydrogen (secondary N) is 1. The predicted octanol–water partition coefficient (Wildman–Crippen LogP) is 3.97. The van der Waals surface area contributed by atoms with E-state index in [0.717, 1.165) is 54.2 Å². The molecule has 0 spiro atoms. The Kier molecular flexibility index (Phi) is 7.50. The van der Waals surface area contributed by atoms with Gasteiger partial charge in [-0.15, -0.1) is 0 Å². The molecule has 154 valence electrons. The lowest BCUT2D eigenvalue weighted by Gasteiger charge is -2.11. The molecule has 0 radical (unpaired) electrons. The number of hydrogen-bond acceptors (Lipinski definition) is 4. The molecule has 6 nitrogen and oxygen atoms in total. The van der Waals surface area contributed by atoms with Gasteiger partial charge in [-0.2, -0.15) is 0 Å². The topological polar surface area (TPSA) is 65.4 Å². The highest BCUT2D eigenvalue weighted by Crippen LogP contribution is 2.19. The van der Waals surface area contributed by atoms with Crippen LogP contribution in [0.1, 0.15) is 32.0 Å². The molecule has 0 aliphatic carbocycles. The van der Waals surface area contributed by atoms with Crippen molar-refractivity contribution < 1.29 is 14.3 Å². The molecule has 0 saturated carbocycles. The first-order chi connectivity index (χ1) is 14.2. The smallest absolute Gasteiger partial charge is 0.219 e. The number of fused-ring (bicyclic) bond motifs is 1. The maximum atomic E-state index is 11.4. The average molecular weight is 396 g/mol. The summed E-state index contributed by atoms with van der Waals surface area (Å²) in [5.74, 6) is 2.81. The van der Waals surface area contributed by atoms with Gasteiger partial charge in [0.2, 0.25) is 5.91 Å². The second-order valence-electron chi connectivity index (χ2n) is 6.85. The number of ether oxygens (including phenoxy) is 2. The number of para-hydroxylation sites is 2. The normalized spacial score (nSPS) is 10.8. The highest BCUT2D eigenvalue weighted by Gasteiger charge is 2.10. The largest absolute Gasteiger partial charge is 0.497 e. The Morgan fingerprint density at radius 2 is 1.83 bits per heavy atom. The van der Waals surface area contributed by atoms with E-state index in [1.54, 1.807) is 7.11 Å². The van der Waals surface area contributed by atoms with E-state index in [0.29, 0.717) is 19.6 Å². The van der Waals surface area contributed by atoms with E-state index in [1.165, 1.54) is 0 Å². The summed E-state index contributed by atoms with van der Waals surface area (Å²) in [6, 6.07) is 15.8. The van der Waals surface area contributed by atoms with Crippen molar-refractivity contribution in [2.45, 2.75) is 39.2 Å². The summed E-state index contributed by atoms with van der Waals surface area (Å²) in [7, 11) is 1.65. The lowest BCUT2D eigenvalue weighted by Crippen LogP contribution is -2.23. The second kappa shape index (κ2) is 10.5. The van der Waals surface area contributed by atoms with Crippen LogP contribution in [0.3, 0.4) is 0 Å². The zero-order valence-corrected chi connectivity index (χ0v) is 17.2. The number of carbonyl (C=O) groups excluding carboxylic acids is 1. The van der Waals surface area contributed by atoms with E-state index < -0.39 is 0 Å². The van der Waals surface area contributed by atoms with Crippen molar-refractivity contribution in [1.29, 1.82) is 0 Å². The number of nitrogens with zero attached hydrogens (tertiary/aromatic N) is 2. The van der Waals surface area contributed by atoms with Crippen LogP contribution in [-0.4, -0.2) is 35.7 Å². The number of hydrogen-bond donors (Lipinski definition) is 1. The highest BCUT2D eigenvalue weighted by molar-refractivity contribution is 5.76. The summed E-state index contributed by atoms with van der Waals surface area (Å²) < 4.78 is 13.3. The summed E-state index contributed by atoms with van der Waals surface area (Å²) in [5.41, 5.74) is 2.15. The van der Waals surface area contributed by atoms with E-state index >= 15 is 0 Å². The van der Waals surface area contributed by atoms with E-state index in [2.05, 4.69) is 16.0 Å². The molecule has 0 bridgehead atoms. The predicted molar refractivity (Wildman–Crippen MR) is 114 cm³/mol. The number of rotatable bonds is 11. The third-order valence-electron chi connectivity index (χ3n) is 4.81. The lowest BCUT2D eigenvalue weighted by atomic mass is 10.2. The van der Waals surface area contributed by atoms with E-state index in [9.17, 15) is 4.79 Å². The quantitative estimate of drug-likeness (QED) is 0.499. The van der Waals surface area contributed by atoms with Gasteiger partial charge in [0.05, 0.1) is 24.8 Å². The summed E-state index contributed by atoms with van der Waals surface area (Å²) in [6.07, 6.45) is 3.11. The second-order valence-corrected chi connectivity index (χ2v) is 6.85. The fourth-order valence-electron chi connectivity index (χ4n) is 3.25. The molecule has 2 aromatic carbocycles. The number of amides is 1. The van der Waals surface area contributed by atoms with Crippen molar-refractivity contribution in [2.75, 3.05) is 20.3 Å². The van der Waals surface area contributed by atoms with Crippen LogP contribution < -0.4 is 14.8 Å². The van der Waals surface area contributed by atoms with Crippen LogP contribution in [0.15, 0.2) is 48.5 Å². The number of carbonyl (C=O) groups is 1. The van der Waals surface area contributed by atoms with Crippen LogP contribution in [0.25, 0.3) is 11.0 Å². The van der Waals surface area contributed by atoms with Gasteiger partial charge < -0.3 is 19.4 Å². The minimum Gasteiger partial charge on any atom is -0.497 e. The number of aromatic nitrogens is 2. The first-order valence-electron chi connectivity index (χ1n) is 10.2. The molecule has 0 fully saturated rings. The zero-order chi connectivity index (χ0) is 20.5. The summed E-state index contributed by atoms with van der Waals surface area (Å²) in [4.78, 5) is 16.2. The SMILES string of the molecule is CCC(=O)NCCCc1nc2ccccc2n1CCCOc1ccc(OC)cc1. The van der Waals surface area contributed by atoms with Crippen molar-refractivity contribution in [1.82, 2.24) is 14.9 Å². The van der Waals surface area contributed by atoms with Gasteiger partial charge in [-0.25, -0.2) is 4.98 Å². The molecule has 0 aliphatic rings. The van der Waals surface area contributed by atoms with Crippen molar-refractivity contribution >= 4 is 16.9 Å². The molecule has 0 atom stereocenters. The Morgan fingerprint density at radius 1 is 1.07 bits per heavy atom. The Hall–Kier alpha value is -3.02. The van der Waals surface area contributed by atoms with Gasteiger partial charge in [-0.3, -0.25) is 4.79 Å². The van der Waals surface area contributed by atoms with Crippen molar-refractivity contribution in [3.8, 4) is 11.5 Å². The molecule has 6 heteroatoms. The molecule has 29 heavy (non-hydrogen) atoms. The number of aryl methyl sites for hydroxylation is 2. The van der Waals surface area contributed by atoms with Crippen LogP contribution in [0.5, 0.6) is 11.5 Å². The minimum atomic E-state index is 0.0918. The van der Waals surface area contributed by atoms with Crippen LogP contribution in [0.4, 0.5) is 0 Å². The zero-order valence-electron chi connectivity index (χ0n) is 17.2. The first-order valence-corrected chi connectivity index (χ1v) is 10.2. The third kappa shape index (κ3) is 5.73. The van der Waals surface area contributed by atoms with E-state index in [-0.39, 0.29) is 5.91 Å². The maximum Gasteiger partial charge on any atom is 0.219 e. The highest BCUT2D eigenvalue weighted by atomic mass is 16.5. The Balaban J connectivity index is 1.57. The van der Waals surface area contributed by atoms with Gasteiger partial charge in [0, 0.05) is 25.9 Å². The van der Waals surface area contributed by atoms with E-state index in [4.69, 9.17) is 14.5 Å². The number of methoxy groups -OCH3 is 1. The van der Waals surface area contributed by atoms with Gasteiger partial charge in [-0.05, 0) is 49.2 Å². The van der Waals surface area contributed by atoms with Crippen molar-refractivity contribution in [3.05, 3.63) is 54.4 Å². The fourth-order valence-corrected chi connectivity index (χ4v) is 3.25. The molecule has 1 aromatic heterocycles. The third-order valence-corrected chi connectivity index (χ3v) is 4.81. The van der Waals surface area contributed by atoms with Crippen LogP contribution in [0.2, 0.25) is 0 Å². The molecular formula is C23H29N3O3. The standard InChI is InChI=1S/C23H29N3O3/c1-3-23(27)24-15-6-10-22-25-20-8-4-5-9-21(20)26(22)16-7-17-29-19-13-11-18(28-2)12-14-19/h4-5,8-9,11-14H,3,6-7,10,15-17H2,1-2H3,(H,24,27). The molecule has 0 unspecified atom stereocenters. The molecule has 1 amide bonds. The average Bonchev–Trinajstić information content (AvgIpc) is 3.12. The molecule has 1 heterocycles. The monoisotopic (exact) mass is 395 g/mol. The van der Waals surface area contributed by atoms with Crippen LogP contribution in [0, 0.1) is 0 Å². The van der Waals surface area contributed by atoms with Gasteiger partial charge in [0.15, 0.2) is 0 Å². The van der Waals surface area contributed by atoms with Gasteiger partial charge in [0.1, 0.15) is 17.3 Å². The van der Waals surface area contributed by atoms with Crippen LogP contribution >= 0.6 is 0 Å². The Bertz CT molecular complexity index is 919. The summed E-state index contributed by atoms with van der Waals surface area (Å²) in [5, 5.41) is 2.93. The Labute approximate surface area is 171 Å². The number of imidazole rings is 1. The summed E-state index contributed by atoms with van der Waals surface area (Å²) >= 11 is 0.